The van der Waals surface area contributed by atoms with Crippen LogP contribution in [0.3, 0.4) is 0 Å². The largest absolute Gasteiger partial charge is 0.321 e. The van der Waals surface area contributed by atoms with Crippen LogP contribution in [0.25, 0.3) is 10.6 Å². The summed E-state index contributed by atoms with van der Waals surface area (Å²) >= 11 is 4.45. The molecule has 0 fully saturated rings. The van der Waals surface area contributed by atoms with E-state index in [1.807, 2.05) is 0 Å². The van der Waals surface area contributed by atoms with Gasteiger partial charge in [0, 0.05) is 27.7 Å². The Hall–Kier alpha value is -3.96. The number of non-ortho nitro benzene ring substituents is 1. The Balaban J connectivity index is 1.49. The molecule has 11 heteroatoms. The molecular weight excluding hydrogens is 510 g/mol. The summed E-state index contributed by atoms with van der Waals surface area (Å²) < 4.78 is 0.851. The first-order valence-electron chi connectivity index (χ1n) is 9.46. The number of nitrogens with zero attached hydrogens (tertiary/aromatic N) is 3. The number of nitro groups is 1. The fourth-order valence-corrected chi connectivity index (χ4v) is 3.87. The summed E-state index contributed by atoms with van der Waals surface area (Å²) in [7, 11) is 0. The number of aromatic nitrogens is 2. The van der Waals surface area contributed by atoms with E-state index >= 15 is 0 Å². The number of rotatable bonds is 6. The van der Waals surface area contributed by atoms with Gasteiger partial charge < -0.3 is 5.32 Å². The van der Waals surface area contributed by atoms with Crippen molar-refractivity contribution in [3.8, 4) is 10.6 Å². The molecule has 0 bridgehead atoms. The summed E-state index contributed by atoms with van der Waals surface area (Å²) in [5, 5.41) is 25.0. The molecule has 164 valence electrons. The van der Waals surface area contributed by atoms with Crippen LogP contribution in [0, 0.1) is 10.1 Å². The molecule has 2 amide bonds. The quantitative estimate of drug-likeness (QED) is 0.258. The summed E-state index contributed by atoms with van der Waals surface area (Å²) in [4.78, 5) is 35.7. The van der Waals surface area contributed by atoms with Crippen LogP contribution in [0.2, 0.25) is 0 Å². The highest BCUT2D eigenvalue weighted by atomic mass is 79.9. The SMILES string of the molecule is O=C(Nc1ccccc1C(=O)Nc1nnc(-c2ccc([N+](=O)[O-])cc2)s1)c1ccc(Br)cc1. The minimum atomic E-state index is -0.484. The van der Waals surface area contributed by atoms with Crippen molar-refractivity contribution in [2.24, 2.45) is 0 Å². The lowest BCUT2D eigenvalue weighted by Crippen LogP contribution is -2.18. The number of anilines is 2. The van der Waals surface area contributed by atoms with E-state index in [1.54, 1.807) is 60.7 Å². The molecule has 1 heterocycles. The Morgan fingerprint density at radius 3 is 2.27 bits per heavy atom. The monoisotopic (exact) mass is 523 g/mol. The van der Waals surface area contributed by atoms with Crippen molar-refractivity contribution in [1.82, 2.24) is 10.2 Å². The van der Waals surface area contributed by atoms with Crippen molar-refractivity contribution in [1.29, 1.82) is 0 Å². The lowest BCUT2D eigenvalue weighted by atomic mass is 10.1. The first kappa shape index (κ1) is 22.2. The molecule has 0 aliphatic carbocycles. The maximum Gasteiger partial charge on any atom is 0.269 e. The van der Waals surface area contributed by atoms with Gasteiger partial charge in [-0.05, 0) is 48.5 Å². The Bertz CT molecular complexity index is 1340. The normalized spacial score (nSPS) is 10.5. The number of amides is 2. The van der Waals surface area contributed by atoms with Crippen molar-refractivity contribution in [2.45, 2.75) is 0 Å². The molecule has 2 N–H and O–H groups in total. The molecule has 4 aromatic rings. The summed E-state index contributed by atoms with van der Waals surface area (Å²) in [6.07, 6.45) is 0. The summed E-state index contributed by atoms with van der Waals surface area (Å²) in [6.45, 7) is 0. The smallest absolute Gasteiger partial charge is 0.269 e. The van der Waals surface area contributed by atoms with Crippen molar-refractivity contribution in [3.63, 3.8) is 0 Å². The Morgan fingerprint density at radius 2 is 1.58 bits per heavy atom. The van der Waals surface area contributed by atoms with Gasteiger partial charge in [0.05, 0.1) is 16.2 Å². The highest BCUT2D eigenvalue weighted by Gasteiger charge is 2.17. The number of hydrogen-bond donors (Lipinski definition) is 2. The van der Waals surface area contributed by atoms with E-state index in [-0.39, 0.29) is 22.3 Å². The van der Waals surface area contributed by atoms with Crippen LogP contribution in [-0.2, 0) is 0 Å². The predicted molar refractivity (Wildman–Crippen MR) is 128 cm³/mol. The molecule has 0 radical (unpaired) electrons. The second-order valence-electron chi connectivity index (χ2n) is 6.68. The Kier molecular flexibility index (Phi) is 6.52. The van der Waals surface area contributed by atoms with E-state index in [2.05, 4.69) is 36.8 Å². The van der Waals surface area contributed by atoms with E-state index in [4.69, 9.17) is 0 Å². The van der Waals surface area contributed by atoms with Crippen LogP contribution in [0.4, 0.5) is 16.5 Å². The van der Waals surface area contributed by atoms with Gasteiger partial charge in [-0.2, -0.15) is 0 Å². The molecule has 33 heavy (non-hydrogen) atoms. The van der Waals surface area contributed by atoms with E-state index in [0.717, 1.165) is 15.8 Å². The maximum atomic E-state index is 12.9. The number of halogens is 1. The van der Waals surface area contributed by atoms with E-state index < -0.39 is 10.8 Å². The average molecular weight is 524 g/mol. The topological polar surface area (TPSA) is 127 Å². The van der Waals surface area contributed by atoms with Gasteiger partial charge in [0.1, 0.15) is 5.01 Å². The van der Waals surface area contributed by atoms with Crippen LogP contribution in [0.1, 0.15) is 20.7 Å². The summed E-state index contributed by atoms with van der Waals surface area (Å²) in [5.41, 5.74) is 1.67. The first-order valence-corrected chi connectivity index (χ1v) is 11.1. The van der Waals surface area contributed by atoms with E-state index in [1.165, 1.54) is 12.1 Å². The van der Waals surface area contributed by atoms with Crippen molar-refractivity contribution < 1.29 is 14.5 Å². The third kappa shape index (κ3) is 5.27. The molecule has 4 rings (SSSR count). The second-order valence-corrected chi connectivity index (χ2v) is 8.57. The fraction of sp³-hybridized carbons (Fsp3) is 0. The molecule has 0 aliphatic heterocycles. The van der Waals surface area contributed by atoms with E-state index in [0.29, 0.717) is 21.8 Å². The lowest BCUT2D eigenvalue weighted by molar-refractivity contribution is -0.384. The van der Waals surface area contributed by atoms with Crippen LogP contribution < -0.4 is 10.6 Å². The molecule has 0 spiro atoms. The number of carbonyl (C=O) groups is 2. The van der Waals surface area contributed by atoms with Gasteiger partial charge in [-0.25, -0.2) is 0 Å². The number of nitro benzene ring substituents is 1. The first-order chi connectivity index (χ1) is 15.9. The standard InChI is InChI=1S/C22H14BrN5O4S/c23-15-9-5-13(6-10-15)19(29)24-18-4-2-1-3-17(18)20(30)25-22-27-26-21(33-22)14-7-11-16(12-8-14)28(31)32/h1-12H,(H,24,29)(H,25,27,30). The zero-order valence-corrected chi connectivity index (χ0v) is 19.1. The summed E-state index contributed by atoms with van der Waals surface area (Å²) in [5.74, 6) is -0.813. The van der Waals surface area contributed by atoms with Crippen molar-refractivity contribution >= 4 is 55.6 Å². The molecular formula is C22H14BrN5O4S. The Morgan fingerprint density at radius 1 is 0.879 bits per heavy atom. The van der Waals surface area contributed by atoms with Gasteiger partial charge in [0.25, 0.3) is 17.5 Å². The molecule has 0 aliphatic rings. The van der Waals surface area contributed by atoms with Gasteiger partial charge in [-0.3, -0.25) is 25.0 Å². The number of carbonyl (C=O) groups excluding carboxylic acids is 2. The van der Waals surface area contributed by atoms with Crippen molar-refractivity contribution in [3.05, 3.63) is 98.5 Å². The molecule has 0 unspecified atom stereocenters. The van der Waals surface area contributed by atoms with E-state index in [9.17, 15) is 19.7 Å². The average Bonchev–Trinajstić information content (AvgIpc) is 3.28. The molecule has 0 saturated carbocycles. The maximum absolute atomic E-state index is 12.9. The number of nitrogens with one attached hydrogen (secondary N) is 2. The highest BCUT2D eigenvalue weighted by Crippen LogP contribution is 2.28. The molecule has 0 atom stereocenters. The van der Waals surface area contributed by atoms with Crippen LogP contribution in [0.5, 0.6) is 0 Å². The molecule has 3 aromatic carbocycles. The Labute approximate surface area is 199 Å². The number of para-hydroxylation sites is 1. The van der Waals surface area contributed by atoms with Gasteiger partial charge in [0.2, 0.25) is 5.13 Å². The van der Waals surface area contributed by atoms with Gasteiger partial charge in [-0.15, -0.1) is 10.2 Å². The zero-order valence-electron chi connectivity index (χ0n) is 16.7. The van der Waals surface area contributed by atoms with Crippen LogP contribution >= 0.6 is 27.3 Å². The number of benzene rings is 3. The van der Waals surface area contributed by atoms with Crippen LogP contribution in [-0.4, -0.2) is 26.9 Å². The highest BCUT2D eigenvalue weighted by molar-refractivity contribution is 9.10. The number of hydrogen-bond acceptors (Lipinski definition) is 7. The zero-order chi connectivity index (χ0) is 23.4. The van der Waals surface area contributed by atoms with Gasteiger partial charge >= 0.3 is 0 Å². The summed E-state index contributed by atoms with van der Waals surface area (Å²) in [6, 6.07) is 19.4. The predicted octanol–water partition coefficient (Wildman–Crippen LogP) is 5.38. The fourth-order valence-electron chi connectivity index (χ4n) is 2.87. The minimum Gasteiger partial charge on any atom is -0.321 e. The second kappa shape index (κ2) is 9.67. The van der Waals surface area contributed by atoms with Gasteiger partial charge in [0.15, 0.2) is 0 Å². The lowest BCUT2D eigenvalue weighted by Gasteiger charge is -2.10. The minimum absolute atomic E-state index is 0.0291. The van der Waals surface area contributed by atoms with Gasteiger partial charge in [-0.1, -0.05) is 39.4 Å². The van der Waals surface area contributed by atoms with Crippen molar-refractivity contribution in [2.75, 3.05) is 10.6 Å². The molecule has 1 aromatic heterocycles. The third-order valence-corrected chi connectivity index (χ3v) is 5.91. The molecule has 0 saturated heterocycles. The molecule has 9 nitrogen and oxygen atoms in total. The third-order valence-electron chi connectivity index (χ3n) is 4.50. The van der Waals surface area contributed by atoms with Crippen LogP contribution in [0.15, 0.2) is 77.3 Å².